The molecular weight excluding hydrogens is 180 g/mol. The van der Waals surface area contributed by atoms with Gasteiger partial charge in [0.2, 0.25) is 0 Å². The molecule has 66 valence electrons. The van der Waals surface area contributed by atoms with Crippen LogP contribution in [0.25, 0.3) is 0 Å². The molecule has 0 aliphatic heterocycles. The van der Waals surface area contributed by atoms with Crippen LogP contribution in [-0.2, 0) is 0 Å². The van der Waals surface area contributed by atoms with Crippen LogP contribution in [0.15, 0.2) is 15.7 Å². The summed E-state index contributed by atoms with van der Waals surface area (Å²) in [6.07, 6.45) is 0. The summed E-state index contributed by atoms with van der Waals surface area (Å²) >= 11 is 5.67. The lowest BCUT2D eigenvalue weighted by molar-refractivity contribution is 0.562. The fraction of sp³-hybridized carbons (Fsp3) is 0.429. The van der Waals surface area contributed by atoms with E-state index in [2.05, 4.69) is 4.98 Å². The standard InChI is InChI=1S/C7H9ClN2O2/c1-4(2)10-5(8)3-6(11)9-7(10)12/h3-4H,1-2H3,(H,9,11,12). The highest BCUT2D eigenvalue weighted by atomic mass is 35.5. The van der Waals surface area contributed by atoms with Gasteiger partial charge in [0.1, 0.15) is 5.15 Å². The monoisotopic (exact) mass is 188 g/mol. The zero-order valence-corrected chi connectivity index (χ0v) is 7.55. The van der Waals surface area contributed by atoms with Gasteiger partial charge in [-0.25, -0.2) is 4.79 Å². The molecule has 1 rings (SSSR count). The first-order valence-corrected chi connectivity index (χ1v) is 3.91. The number of nitrogens with zero attached hydrogens (tertiary/aromatic N) is 1. The average molecular weight is 189 g/mol. The summed E-state index contributed by atoms with van der Waals surface area (Å²) in [6, 6.07) is 1.13. The molecule has 1 N–H and O–H groups in total. The smallest absolute Gasteiger partial charge is 0.281 e. The fourth-order valence-electron chi connectivity index (χ4n) is 0.958. The number of hydrogen-bond donors (Lipinski definition) is 1. The highest BCUT2D eigenvalue weighted by Crippen LogP contribution is 2.08. The van der Waals surface area contributed by atoms with Gasteiger partial charge < -0.3 is 0 Å². The van der Waals surface area contributed by atoms with Crippen molar-refractivity contribution in [3.8, 4) is 0 Å². The topological polar surface area (TPSA) is 54.9 Å². The predicted molar refractivity (Wildman–Crippen MR) is 46.7 cm³/mol. The predicted octanol–water partition coefficient (Wildman–Crippen LogP) is 0.771. The number of aromatic amines is 1. The second-order valence-corrected chi connectivity index (χ2v) is 3.11. The Morgan fingerprint density at radius 2 is 2.08 bits per heavy atom. The molecular formula is C7H9ClN2O2. The van der Waals surface area contributed by atoms with Gasteiger partial charge in [-0.05, 0) is 13.8 Å². The van der Waals surface area contributed by atoms with E-state index in [0.717, 1.165) is 0 Å². The third-order valence-corrected chi connectivity index (χ3v) is 1.74. The second-order valence-electron chi connectivity index (χ2n) is 2.73. The van der Waals surface area contributed by atoms with E-state index in [9.17, 15) is 9.59 Å². The van der Waals surface area contributed by atoms with Crippen LogP contribution in [0.5, 0.6) is 0 Å². The molecule has 0 bridgehead atoms. The molecule has 0 saturated heterocycles. The van der Waals surface area contributed by atoms with Gasteiger partial charge >= 0.3 is 5.69 Å². The molecule has 0 amide bonds. The molecule has 0 spiro atoms. The molecule has 0 aromatic carbocycles. The Bertz CT molecular complexity index is 391. The van der Waals surface area contributed by atoms with E-state index in [1.165, 1.54) is 10.6 Å². The summed E-state index contributed by atoms with van der Waals surface area (Å²) in [7, 11) is 0. The fourth-order valence-corrected chi connectivity index (χ4v) is 1.33. The minimum absolute atomic E-state index is 0.0538. The Morgan fingerprint density at radius 3 is 2.50 bits per heavy atom. The normalized spacial score (nSPS) is 10.7. The van der Waals surface area contributed by atoms with Gasteiger partial charge in [0.25, 0.3) is 5.56 Å². The molecule has 0 aliphatic carbocycles. The number of aromatic nitrogens is 2. The molecule has 0 radical (unpaired) electrons. The number of halogens is 1. The van der Waals surface area contributed by atoms with E-state index in [-0.39, 0.29) is 11.2 Å². The van der Waals surface area contributed by atoms with Crippen LogP contribution in [-0.4, -0.2) is 9.55 Å². The van der Waals surface area contributed by atoms with E-state index in [1.54, 1.807) is 0 Å². The Labute approximate surface area is 73.8 Å². The summed E-state index contributed by atoms with van der Waals surface area (Å²) in [6.45, 7) is 3.62. The van der Waals surface area contributed by atoms with Crippen LogP contribution in [0.1, 0.15) is 19.9 Å². The Hall–Kier alpha value is -1.03. The van der Waals surface area contributed by atoms with E-state index >= 15 is 0 Å². The molecule has 0 saturated carbocycles. The Morgan fingerprint density at radius 1 is 1.50 bits per heavy atom. The van der Waals surface area contributed by atoms with Crippen LogP contribution in [0.2, 0.25) is 5.15 Å². The molecule has 0 fully saturated rings. The van der Waals surface area contributed by atoms with Crippen molar-refractivity contribution < 1.29 is 0 Å². The number of hydrogen-bond acceptors (Lipinski definition) is 2. The summed E-state index contributed by atoms with van der Waals surface area (Å²) in [4.78, 5) is 24.0. The van der Waals surface area contributed by atoms with Crippen molar-refractivity contribution in [3.63, 3.8) is 0 Å². The van der Waals surface area contributed by atoms with Crippen LogP contribution in [0.4, 0.5) is 0 Å². The van der Waals surface area contributed by atoms with Gasteiger partial charge in [-0.15, -0.1) is 0 Å². The Kier molecular flexibility index (Phi) is 2.38. The van der Waals surface area contributed by atoms with Gasteiger partial charge in [-0.3, -0.25) is 14.3 Å². The maximum atomic E-state index is 11.1. The van der Waals surface area contributed by atoms with Crippen molar-refractivity contribution in [2.24, 2.45) is 0 Å². The van der Waals surface area contributed by atoms with Crippen molar-refractivity contribution in [2.45, 2.75) is 19.9 Å². The molecule has 12 heavy (non-hydrogen) atoms. The molecule has 1 aromatic rings. The van der Waals surface area contributed by atoms with Gasteiger partial charge in [0.05, 0.1) is 0 Å². The maximum absolute atomic E-state index is 11.1. The summed E-state index contributed by atoms with van der Waals surface area (Å²) in [5.74, 6) is 0. The first-order valence-electron chi connectivity index (χ1n) is 3.53. The zero-order valence-electron chi connectivity index (χ0n) is 6.80. The molecule has 1 heterocycles. The minimum atomic E-state index is -0.470. The molecule has 0 atom stereocenters. The van der Waals surface area contributed by atoms with Crippen LogP contribution >= 0.6 is 11.6 Å². The number of nitrogens with one attached hydrogen (secondary N) is 1. The van der Waals surface area contributed by atoms with Crippen molar-refractivity contribution in [1.29, 1.82) is 0 Å². The van der Waals surface area contributed by atoms with Crippen molar-refractivity contribution >= 4 is 11.6 Å². The van der Waals surface area contributed by atoms with Crippen LogP contribution in [0.3, 0.4) is 0 Å². The average Bonchev–Trinajstić information content (AvgIpc) is 1.82. The van der Waals surface area contributed by atoms with E-state index in [4.69, 9.17) is 11.6 Å². The largest absolute Gasteiger partial charge is 0.329 e. The van der Waals surface area contributed by atoms with Crippen LogP contribution in [0, 0.1) is 0 Å². The Balaban J connectivity index is 3.49. The number of rotatable bonds is 1. The molecule has 1 aromatic heterocycles. The molecule has 4 nitrogen and oxygen atoms in total. The first kappa shape index (κ1) is 9.06. The highest BCUT2D eigenvalue weighted by molar-refractivity contribution is 6.29. The quantitative estimate of drug-likeness (QED) is 0.662. The minimum Gasteiger partial charge on any atom is -0.281 e. The van der Waals surface area contributed by atoms with E-state index in [0.29, 0.717) is 0 Å². The van der Waals surface area contributed by atoms with Crippen molar-refractivity contribution in [3.05, 3.63) is 32.1 Å². The third kappa shape index (κ3) is 1.58. The molecule has 5 heteroatoms. The van der Waals surface area contributed by atoms with E-state index < -0.39 is 11.2 Å². The lowest BCUT2D eigenvalue weighted by Gasteiger charge is -2.09. The number of H-pyrrole nitrogens is 1. The zero-order chi connectivity index (χ0) is 9.30. The lowest BCUT2D eigenvalue weighted by atomic mass is 10.4. The van der Waals surface area contributed by atoms with Gasteiger partial charge in [-0.1, -0.05) is 11.6 Å². The molecule has 0 aliphatic rings. The summed E-state index contributed by atoms with van der Waals surface area (Å²) in [5, 5.41) is 0.166. The van der Waals surface area contributed by atoms with Crippen molar-refractivity contribution in [2.75, 3.05) is 0 Å². The van der Waals surface area contributed by atoms with Gasteiger partial charge in [-0.2, -0.15) is 0 Å². The van der Waals surface area contributed by atoms with E-state index in [1.807, 2.05) is 13.8 Å². The first-order chi connectivity index (χ1) is 5.52. The molecule has 0 unspecified atom stereocenters. The lowest BCUT2D eigenvalue weighted by Crippen LogP contribution is -2.30. The summed E-state index contributed by atoms with van der Waals surface area (Å²) < 4.78 is 1.31. The van der Waals surface area contributed by atoms with Gasteiger partial charge in [0.15, 0.2) is 0 Å². The van der Waals surface area contributed by atoms with Crippen molar-refractivity contribution in [1.82, 2.24) is 9.55 Å². The third-order valence-electron chi connectivity index (χ3n) is 1.45. The summed E-state index contributed by atoms with van der Waals surface area (Å²) in [5.41, 5.74) is -0.940. The SMILES string of the molecule is CC(C)n1c(Cl)cc(=O)[nH]c1=O. The second kappa shape index (κ2) is 3.15. The van der Waals surface area contributed by atoms with Crippen LogP contribution < -0.4 is 11.2 Å². The maximum Gasteiger partial charge on any atom is 0.329 e. The van der Waals surface area contributed by atoms with Gasteiger partial charge in [0, 0.05) is 12.1 Å². The highest BCUT2D eigenvalue weighted by Gasteiger charge is 2.05.